The Hall–Kier alpha value is -0.820. The van der Waals surface area contributed by atoms with E-state index in [-0.39, 0.29) is 5.41 Å². The fourth-order valence-electron chi connectivity index (χ4n) is 2.04. The van der Waals surface area contributed by atoms with Crippen molar-refractivity contribution in [2.24, 2.45) is 0 Å². The van der Waals surface area contributed by atoms with Gasteiger partial charge >= 0.3 is 0 Å². The smallest absolute Gasteiger partial charge is 0.0335 e. The van der Waals surface area contributed by atoms with Crippen LogP contribution >= 0.6 is 0 Å². The van der Waals surface area contributed by atoms with Crippen LogP contribution < -0.4 is 5.32 Å². The van der Waals surface area contributed by atoms with Crippen LogP contribution in [0.15, 0.2) is 24.3 Å². The number of rotatable bonds is 1. The van der Waals surface area contributed by atoms with Crippen LogP contribution in [0.1, 0.15) is 44.4 Å². The first-order chi connectivity index (χ1) is 6.59. The molecule has 1 fully saturated rings. The normalized spacial score (nSPS) is 21.8. The quantitative estimate of drug-likeness (QED) is 0.716. The maximum Gasteiger partial charge on any atom is 0.0335 e. The zero-order valence-electron chi connectivity index (χ0n) is 9.30. The van der Waals surface area contributed by atoms with Crippen molar-refractivity contribution in [1.82, 2.24) is 5.32 Å². The Morgan fingerprint density at radius 1 is 1.21 bits per heavy atom. The fraction of sp³-hybridized carbons (Fsp3) is 0.538. The van der Waals surface area contributed by atoms with Gasteiger partial charge in [-0.1, -0.05) is 45.0 Å². The van der Waals surface area contributed by atoms with Gasteiger partial charge in [0, 0.05) is 6.04 Å². The van der Waals surface area contributed by atoms with Crippen molar-refractivity contribution < 1.29 is 0 Å². The summed E-state index contributed by atoms with van der Waals surface area (Å²) in [5.74, 6) is 0. The Labute approximate surface area is 86.5 Å². The average Bonchev–Trinajstić information content (AvgIpc) is 2.00. The number of hydrogen-bond acceptors (Lipinski definition) is 1. The van der Waals surface area contributed by atoms with Gasteiger partial charge in [-0.15, -0.1) is 0 Å². The van der Waals surface area contributed by atoms with Crippen LogP contribution in [0.4, 0.5) is 0 Å². The molecule has 1 aliphatic rings. The standard InChI is InChI=1S/C13H19N/c1-13(2,3)11-7-5-4-6-10(11)12-8-9-14-12/h4-7,12,14H,8-9H2,1-3H3/t12-/m1/s1. The molecule has 0 saturated carbocycles. The summed E-state index contributed by atoms with van der Waals surface area (Å²) in [6.07, 6.45) is 1.28. The lowest BCUT2D eigenvalue weighted by Gasteiger charge is -2.33. The molecule has 2 rings (SSSR count). The molecule has 0 spiro atoms. The SMILES string of the molecule is CC(C)(C)c1ccccc1[C@H]1CCN1. The van der Waals surface area contributed by atoms with Crippen LogP contribution in [0, 0.1) is 0 Å². The molecule has 1 aromatic carbocycles. The van der Waals surface area contributed by atoms with Crippen molar-refractivity contribution in [1.29, 1.82) is 0 Å². The Morgan fingerprint density at radius 2 is 1.86 bits per heavy atom. The third-order valence-corrected chi connectivity index (χ3v) is 2.97. The summed E-state index contributed by atoms with van der Waals surface area (Å²) >= 11 is 0. The molecule has 0 radical (unpaired) electrons. The van der Waals surface area contributed by atoms with Gasteiger partial charge in [0.05, 0.1) is 0 Å². The Balaban J connectivity index is 2.38. The molecule has 76 valence electrons. The summed E-state index contributed by atoms with van der Waals surface area (Å²) in [5, 5.41) is 3.47. The van der Waals surface area contributed by atoms with Crippen molar-refractivity contribution in [2.75, 3.05) is 6.54 Å². The lowest BCUT2D eigenvalue weighted by atomic mass is 9.80. The lowest BCUT2D eigenvalue weighted by Crippen LogP contribution is -2.36. The van der Waals surface area contributed by atoms with E-state index in [1.807, 2.05) is 0 Å². The van der Waals surface area contributed by atoms with Gasteiger partial charge in [-0.2, -0.15) is 0 Å². The second kappa shape index (κ2) is 3.39. The molecule has 1 nitrogen and oxygen atoms in total. The third-order valence-electron chi connectivity index (χ3n) is 2.97. The van der Waals surface area contributed by atoms with Gasteiger partial charge in [0.2, 0.25) is 0 Å². The summed E-state index contributed by atoms with van der Waals surface area (Å²) in [6, 6.07) is 9.41. The average molecular weight is 189 g/mol. The molecule has 1 aliphatic heterocycles. The predicted molar refractivity (Wildman–Crippen MR) is 60.5 cm³/mol. The van der Waals surface area contributed by atoms with Crippen LogP contribution in [-0.2, 0) is 5.41 Å². The molecule has 0 unspecified atom stereocenters. The van der Waals surface area contributed by atoms with Gasteiger partial charge in [0.25, 0.3) is 0 Å². The summed E-state index contributed by atoms with van der Waals surface area (Å²) in [6.45, 7) is 8.02. The molecule has 1 N–H and O–H groups in total. The largest absolute Gasteiger partial charge is 0.310 e. The molecule has 0 aliphatic carbocycles. The number of hydrogen-bond donors (Lipinski definition) is 1. The fourth-order valence-corrected chi connectivity index (χ4v) is 2.04. The molecule has 1 atom stereocenters. The minimum atomic E-state index is 0.258. The first kappa shape index (κ1) is 9.72. The third kappa shape index (κ3) is 1.69. The molecule has 1 aromatic rings. The topological polar surface area (TPSA) is 12.0 Å². The molecule has 1 saturated heterocycles. The summed E-state index contributed by atoms with van der Waals surface area (Å²) in [7, 11) is 0. The van der Waals surface area contributed by atoms with E-state index in [1.54, 1.807) is 0 Å². The Morgan fingerprint density at radius 3 is 2.36 bits per heavy atom. The summed E-state index contributed by atoms with van der Waals surface area (Å²) < 4.78 is 0. The van der Waals surface area contributed by atoms with Crippen LogP contribution in [0.2, 0.25) is 0 Å². The van der Waals surface area contributed by atoms with Gasteiger partial charge in [-0.3, -0.25) is 0 Å². The van der Waals surface area contributed by atoms with Gasteiger partial charge in [-0.05, 0) is 29.5 Å². The van der Waals surface area contributed by atoms with E-state index in [4.69, 9.17) is 0 Å². The molecular weight excluding hydrogens is 170 g/mol. The predicted octanol–water partition coefficient (Wildman–Crippen LogP) is 3.02. The van der Waals surface area contributed by atoms with E-state index in [9.17, 15) is 0 Å². The van der Waals surface area contributed by atoms with Gasteiger partial charge in [-0.25, -0.2) is 0 Å². The second-order valence-corrected chi connectivity index (χ2v) is 5.13. The van der Waals surface area contributed by atoms with Crippen LogP contribution in [0.5, 0.6) is 0 Å². The summed E-state index contributed by atoms with van der Waals surface area (Å²) in [4.78, 5) is 0. The maximum absolute atomic E-state index is 3.47. The van der Waals surface area contributed by atoms with E-state index in [0.717, 1.165) is 0 Å². The highest BCUT2D eigenvalue weighted by Gasteiger charge is 2.25. The van der Waals surface area contributed by atoms with Crippen molar-refractivity contribution in [2.45, 2.75) is 38.6 Å². The molecule has 1 heterocycles. The minimum Gasteiger partial charge on any atom is -0.310 e. The highest BCUT2D eigenvalue weighted by Crippen LogP contribution is 2.33. The van der Waals surface area contributed by atoms with Crippen molar-refractivity contribution in [3.8, 4) is 0 Å². The highest BCUT2D eigenvalue weighted by atomic mass is 15.0. The van der Waals surface area contributed by atoms with Gasteiger partial charge in [0.15, 0.2) is 0 Å². The van der Waals surface area contributed by atoms with E-state index >= 15 is 0 Å². The molecule has 0 amide bonds. The Bertz CT molecular complexity index is 318. The van der Waals surface area contributed by atoms with E-state index in [1.165, 1.54) is 24.1 Å². The monoisotopic (exact) mass is 189 g/mol. The summed E-state index contributed by atoms with van der Waals surface area (Å²) in [5.41, 5.74) is 3.23. The maximum atomic E-state index is 3.47. The number of benzene rings is 1. The molecule has 14 heavy (non-hydrogen) atoms. The minimum absolute atomic E-state index is 0.258. The number of nitrogens with one attached hydrogen (secondary N) is 1. The van der Waals surface area contributed by atoms with Crippen LogP contribution in [0.3, 0.4) is 0 Å². The first-order valence-corrected chi connectivity index (χ1v) is 5.42. The van der Waals surface area contributed by atoms with E-state index in [0.29, 0.717) is 6.04 Å². The Kier molecular flexibility index (Phi) is 2.36. The molecule has 0 bridgehead atoms. The lowest BCUT2D eigenvalue weighted by molar-refractivity contribution is 0.376. The van der Waals surface area contributed by atoms with Gasteiger partial charge in [0.1, 0.15) is 0 Å². The van der Waals surface area contributed by atoms with Gasteiger partial charge < -0.3 is 5.32 Å². The first-order valence-electron chi connectivity index (χ1n) is 5.42. The zero-order valence-corrected chi connectivity index (χ0v) is 9.30. The molecule has 1 heteroatoms. The van der Waals surface area contributed by atoms with Crippen LogP contribution in [-0.4, -0.2) is 6.54 Å². The van der Waals surface area contributed by atoms with Crippen molar-refractivity contribution in [3.63, 3.8) is 0 Å². The molecular formula is C13H19N. The van der Waals surface area contributed by atoms with Crippen molar-refractivity contribution in [3.05, 3.63) is 35.4 Å². The highest BCUT2D eigenvalue weighted by molar-refractivity contribution is 5.36. The van der Waals surface area contributed by atoms with E-state index in [2.05, 4.69) is 50.4 Å². The van der Waals surface area contributed by atoms with Crippen LogP contribution in [0.25, 0.3) is 0 Å². The second-order valence-electron chi connectivity index (χ2n) is 5.13. The molecule has 0 aromatic heterocycles. The zero-order chi connectivity index (χ0) is 10.2. The van der Waals surface area contributed by atoms with E-state index < -0.39 is 0 Å². The van der Waals surface area contributed by atoms with Crippen molar-refractivity contribution >= 4 is 0 Å².